The highest BCUT2D eigenvalue weighted by Crippen LogP contribution is 2.34. The lowest BCUT2D eigenvalue weighted by molar-refractivity contribution is -0.137. The lowest BCUT2D eigenvalue weighted by Crippen LogP contribution is -2.27. The summed E-state index contributed by atoms with van der Waals surface area (Å²) in [7, 11) is 0. The van der Waals surface area contributed by atoms with Crippen molar-refractivity contribution in [1.82, 2.24) is 25.3 Å². The molecule has 0 unspecified atom stereocenters. The van der Waals surface area contributed by atoms with Crippen molar-refractivity contribution in [3.8, 4) is 11.4 Å². The van der Waals surface area contributed by atoms with Crippen LogP contribution in [0.5, 0.6) is 0 Å². The molecule has 2 N–H and O–H groups in total. The number of alkyl halides is 3. The molecule has 0 saturated heterocycles. The topological polar surface area (TPSA) is 110 Å². The molecule has 1 aromatic carbocycles. The quantitative estimate of drug-likeness (QED) is 0.610. The van der Waals surface area contributed by atoms with E-state index in [1.807, 2.05) is 0 Å². The number of rotatable bonds is 6. The first kappa shape index (κ1) is 21.2. The third-order valence-corrected chi connectivity index (χ3v) is 4.29. The molecule has 3 aromatic rings. The minimum Gasteiger partial charge on any atom is -0.478 e. The van der Waals surface area contributed by atoms with Crippen LogP contribution in [0, 0.1) is 0 Å². The second-order valence-corrected chi connectivity index (χ2v) is 6.46. The van der Waals surface area contributed by atoms with Gasteiger partial charge >= 0.3 is 12.1 Å². The molecule has 1 amide bonds. The third-order valence-electron chi connectivity index (χ3n) is 3.97. The molecule has 0 aliphatic rings. The lowest BCUT2D eigenvalue weighted by atomic mass is 10.1. The summed E-state index contributed by atoms with van der Waals surface area (Å²) in [5.41, 5.74) is -0.143. The van der Waals surface area contributed by atoms with Crippen LogP contribution in [0.3, 0.4) is 0 Å². The van der Waals surface area contributed by atoms with Crippen LogP contribution in [0.4, 0.5) is 13.2 Å². The molecule has 2 heterocycles. The van der Waals surface area contributed by atoms with E-state index < -0.39 is 28.6 Å². The van der Waals surface area contributed by atoms with Gasteiger partial charge in [0.25, 0.3) is 5.91 Å². The summed E-state index contributed by atoms with van der Waals surface area (Å²) in [6.45, 7) is 0.367. The van der Waals surface area contributed by atoms with Crippen molar-refractivity contribution in [2.75, 3.05) is 6.54 Å². The number of halogens is 4. The number of amides is 1. The van der Waals surface area contributed by atoms with Gasteiger partial charge in [0.2, 0.25) is 0 Å². The maximum atomic E-state index is 12.7. The number of benzene rings is 1. The Kier molecular flexibility index (Phi) is 6.01. The number of pyridine rings is 1. The van der Waals surface area contributed by atoms with Crippen LogP contribution in [-0.4, -0.2) is 43.5 Å². The Morgan fingerprint density at radius 2 is 1.87 bits per heavy atom. The lowest BCUT2D eigenvalue weighted by Gasteiger charge is -2.10. The summed E-state index contributed by atoms with van der Waals surface area (Å²) < 4.78 is 39.6. The summed E-state index contributed by atoms with van der Waals surface area (Å²) in [5.74, 6) is -1.68. The van der Waals surface area contributed by atoms with Crippen LogP contribution in [0.15, 0.2) is 42.7 Å². The average molecular weight is 440 g/mol. The summed E-state index contributed by atoms with van der Waals surface area (Å²) in [6, 6.07) is 5.64. The zero-order chi connectivity index (χ0) is 21.9. The first-order valence-electron chi connectivity index (χ1n) is 8.40. The van der Waals surface area contributed by atoms with Crippen LogP contribution < -0.4 is 5.32 Å². The van der Waals surface area contributed by atoms with Gasteiger partial charge in [0.15, 0.2) is 0 Å². The number of carboxylic acids is 1. The SMILES string of the molecule is O=C(O)c1ccc(-c2cn(CCNC(=O)c3ccc(C(F)(F)F)c(Cl)c3)nn2)nc1. The molecule has 156 valence electrons. The van der Waals surface area contributed by atoms with Crippen LogP contribution in [-0.2, 0) is 12.7 Å². The molecule has 0 saturated carbocycles. The number of hydrogen-bond donors (Lipinski definition) is 2. The average Bonchev–Trinajstić information content (AvgIpc) is 3.15. The highest BCUT2D eigenvalue weighted by Gasteiger charge is 2.33. The van der Waals surface area contributed by atoms with E-state index >= 15 is 0 Å². The maximum Gasteiger partial charge on any atom is 0.417 e. The van der Waals surface area contributed by atoms with Crippen molar-refractivity contribution < 1.29 is 27.9 Å². The molecular formula is C18H13ClF3N5O3. The van der Waals surface area contributed by atoms with Gasteiger partial charge in [-0.1, -0.05) is 16.8 Å². The number of carboxylic acid groups (broad SMARTS) is 1. The predicted molar refractivity (Wildman–Crippen MR) is 99.0 cm³/mol. The predicted octanol–water partition coefficient (Wildman–Crippen LogP) is 3.14. The molecule has 0 atom stereocenters. The minimum absolute atomic E-state index is 0.00463. The van der Waals surface area contributed by atoms with Crippen LogP contribution in [0.2, 0.25) is 5.02 Å². The highest BCUT2D eigenvalue weighted by atomic mass is 35.5. The van der Waals surface area contributed by atoms with Crippen molar-refractivity contribution in [1.29, 1.82) is 0 Å². The number of hydrogen-bond acceptors (Lipinski definition) is 5. The monoisotopic (exact) mass is 439 g/mol. The number of carbonyl (C=O) groups is 2. The zero-order valence-corrected chi connectivity index (χ0v) is 15.8. The Hall–Kier alpha value is -3.47. The molecule has 0 aliphatic heterocycles. The van der Waals surface area contributed by atoms with Gasteiger partial charge in [-0.3, -0.25) is 14.5 Å². The van der Waals surface area contributed by atoms with Gasteiger partial charge in [-0.05, 0) is 30.3 Å². The highest BCUT2D eigenvalue weighted by molar-refractivity contribution is 6.31. The van der Waals surface area contributed by atoms with E-state index in [0.717, 1.165) is 18.2 Å². The molecule has 2 aromatic heterocycles. The van der Waals surface area contributed by atoms with E-state index in [2.05, 4.69) is 20.6 Å². The molecule has 8 nitrogen and oxygen atoms in total. The second-order valence-electron chi connectivity index (χ2n) is 6.05. The summed E-state index contributed by atoms with van der Waals surface area (Å²) in [5, 5.41) is 18.7. The first-order chi connectivity index (χ1) is 14.1. The van der Waals surface area contributed by atoms with Gasteiger partial charge in [0.05, 0.1) is 34.6 Å². The maximum absolute atomic E-state index is 12.7. The van der Waals surface area contributed by atoms with E-state index in [-0.39, 0.29) is 24.2 Å². The number of aromatic nitrogens is 4. The fourth-order valence-electron chi connectivity index (χ4n) is 2.47. The Labute approximate surface area is 172 Å². The Balaban J connectivity index is 1.57. The number of nitrogens with zero attached hydrogens (tertiary/aromatic N) is 4. The number of aromatic carboxylic acids is 1. The molecule has 30 heavy (non-hydrogen) atoms. The molecule has 0 fully saturated rings. The summed E-state index contributed by atoms with van der Waals surface area (Å²) >= 11 is 5.62. The van der Waals surface area contributed by atoms with E-state index in [1.165, 1.54) is 23.0 Å². The normalized spacial score (nSPS) is 11.3. The van der Waals surface area contributed by atoms with Gasteiger partial charge < -0.3 is 10.4 Å². The smallest absolute Gasteiger partial charge is 0.417 e. The third kappa shape index (κ3) is 4.92. The molecule has 0 bridgehead atoms. The molecule has 3 rings (SSSR count). The Morgan fingerprint density at radius 1 is 1.13 bits per heavy atom. The van der Waals surface area contributed by atoms with Crippen molar-refractivity contribution in [2.24, 2.45) is 0 Å². The molecular weight excluding hydrogens is 427 g/mol. The first-order valence-corrected chi connectivity index (χ1v) is 8.78. The molecule has 0 radical (unpaired) electrons. The number of carbonyl (C=O) groups excluding carboxylic acids is 1. The number of nitrogens with one attached hydrogen (secondary N) is 1. The zero-order valence-electron chi connectivity index (χ0n) is 15.0. The van der Waals surface area contributed by atoms with E-state index in [1.54, 1.807) is 6.20 Å². The molecule has 0 spiro atoms. The molecule has 0 aliphatic carbocycles. The summed E-state index contributed by atoms with van der Waals surface area (Å²) in [4.78, 5) is 27.0. The van der Waals surface area contributed by atoms with Crippen LogP contribution in [0.25, 0.3) is 11.4 Å². The van der Waals surface area contributed by atoms with Gasteiger partial charge in [0, 0.05) is 18.3 Å². The van der Waals surface area contributed by atoms with E-state index in [4.69, 9.17) is 16.7 Å². The van der Waals surface area contributed by atoms with E-state index in [0.29, 0.717) is 11.4 Å². The Bertz CT molecular complexity index is 1080. The molecule has 12 heteroatoms. The van der Waals surface area contributed by atoms with Gasteiger partial charge in [0.1, 0.15) is 5.69 Å². The van der Waals surface area contributed by atoms with Crippen molar-refractivity contribution in [3.63, 3.8) is 0 Å². The van der Waals surface area contributed by atoms with Crippen molar-refractivity contribution in [3.05, 3.63) is 64.4 Å². The van der Waals surface area contributed by atoms with Gasteiger partial charge in [-0.25, -0.2) is 4.79 Å². The van der Waals surface area contributed by atoms with Gasteiger partial charge in [-0.15, -0.1) is 5.10 Å². The standard InChI is InChI=1S/C18H13ClF3N5O3/c19-13-7-10(1-3-12(13)18(20,21)22)16(28)23-5-6-27-9-15(25-26-27)14-4-2-11(8-24-14)17(29)30/h1-4,7-9H,5-6H2,(H,23,28)(H,29,30). The van der Waals surface area contributed by atoms with E-state index in [9.17, 15) is 22.8 Å². The second kappa shape index (κ2) is 8.49. The summed E-state index contributed by atoms with van der Waals surface area (Å²) in [6.07, 6.45) is -1.84. The van der Waals surface area contributed by atoms with Crippen LogP contribution >= 0.6 is 11.6 Å². The minimum atomic E-state index is -4.60. The fourth-order valence-corrected chi connectivity index (χ4v) is 2.76. The van der Waals surface area contributed by atoms with Gasteiger partial charge in [-0.2, -0.15) is 13.2 Å². The van der Waals surface area contributed by atoms with Crippen molar-refractivity contribution in [2.45, 2.75) is 12.7 Å². The largest absolute Gasteiger partial charge is 0.478 e. The Morgan fingerprint density at radius 3 is 2.47 bits per heavy atom. The fraction of sp³-hybridized carbons (Fsp3) is 0.167. The van der Waals surface area contributed by atoms with Crippen LogP contribution in [0.1, 0.15) is 26.3 Å². The van der Waals surface area contributed by atoms with Crippen molar-refractivity contribution >= 4 is 23.5 Å².